The second-order valence-electron chi connectivity index (χ2n) is 12.6. The first-order chi connectivity index (χ1) is 19.3. The number of primary amides is 1. The number of benzene rings is 1. The summed E-state index contributed by atoms with van der Waals surface area (Å²) in [7, 11) is 9.30. The zero-order valence-electron chi connectivity index (χ0n) is 26.0. The molecule has 9 nitrogen and oxygen atoms in total. The number of rotatable bonds is 10. The van der Waals surface area contributed by atoms with E-state index >= 15 is 0 Å². The molecule has 3 aliphatic carbocycles. The molecular weight excluding hydrogens is 520 g/mol. The van der Waals surface area contributed by atoms with Crippen LogP contribution in [0.2, 0.25) is 0 Å². The van der Waals surface area contributed by atoms with Gasteiger partial charge in [0.2, 0.25) is 5.91 Å². The first-order valence-electron chi connectivity index (χ1n) is 14.8. The van der Waals surface area contributed by atoms with Crippen molar-refractivity contribution >= 4 is 17.4 Å². The Balaban J connectivity index is 1.89. The maximum absolute atomic E-state index is 14.4. The Labute approximate surface area is 244 Å². The number of carbonyl (C=O) groups excluding carboxylic acids is 2. The Bertz CT molecular complexity index is 1280. The number of hydrogen-bond donors (Lipinski definition) is 3. The number of unbranched alkanes of at least 4 members (excludes halogenated alkanes) is 1. The highest BCUT2D eigenvalue weighted by molar-refractivity contribution is 6.14. The normalized spacial score (nSPS) is 25.8. The molecule has 226 valence electrons. The molecule has 41 heavy (non-hydrogen) atoms. The predicted molar refractivity (Wildman–Crippen MR) is 161 cm³/mol. The van der Waals surface area contributed by atoms with E-state index in [0.29, 0.717) is 36.3 Å². The van der Waals surface area contributed by atoms with Crippen LogP contribution in [-0.4, -0.2) is 86.1 Å². The SMILES string of the molecule is CCCCN(CC)Cc1cc(O)c2c(c1N(C)C)C[C@H]1C[C@H]3[C@H](N(C)C)C(O)=C(C(N)=O)C[C@@]3(C)C(OC)=C1C2=O. The van der Waals surface area contributed by atoms with Crippen LogP contribution >= 0.6 is 0 Å². The maximum atomic E-state index is 14.4. The fourth-order valence-corrected chi connectivity index (χ4v) is 7.75. The summed E-state index contributed by atoms with van der Waals surface area (Å²) in [5.74, 6) is -0.647. The number of aliphatic hydroxyl groups is 1. The van der Waals surface area contributed by atoms with E-state index in [2.05, 4.69) is 23.6 Å². The third-order valence-electron chi connectivity index (χ3n) is 9.60. The number of aromatic hydroxyl groups is 1. The quantitative estimate of drug-likeness (QED) is 0.388. The number of allylic oxidation sites excluding steroid dienone is 2. The minimum atomic E-state index is -0.736. The van der Waals surface area contributed by atoms with E-state index in [-0.39, 0.29) is 41.1 Å². The van der Waals surface area contributed by atoms with Gasteiger partial charge in [-0.3, -0.25) is 19.4 Å². The van der Waals surface area contributed by atoms with Gasteiger partial charge in [-0.2, -0.15) is 0 Å². The highest BCUT2D eigenvalue weighted by atomic mass is 16.5. The largest absolute Gasteiger partial charge is 0.510 e. The van der Waals surface area contributed by atoms with Crippen molar-refractivity contribution in [3.05, 3.63) is 45.4 Å². The molecule has 0 fully saturated rings. The molecule has 9 heteroatoms. The average Bonchev–Trinajstić information content (AvgIpc) is 2.89. The lowest BCUT2D eigenvalue weighted by Crippen LogP contribution is -2.54. The standard InChI is InChI=1S/C32H48N4O5/c1-9-11-12-36(10-2)17-19-15-23(37)25-20(26(19)34(4)5)13-18-14-22-27(35(6)7)28(38)21(31(33)40)16-32(22,3)30(41-8)24(18)29(25)39/h15,18,22,27,37-38H,9-14,16-17H2,1-8H3,(H2,33,40)/t18-,22-,27-,32+/m0/s1. The van der Waals surface area contributed by atoms with Crippen molar-refractivity contribution in [1.82, 2.24) is 9.80 Å². The number of phenolic OH excluding ortho intramolecular Hbond substituents is 1. The number of Topliss-reactive ketones (excluding diaryl/α,β-unsaturated/α-hetero) is 1. The minimum Gasteiger partial charge on any atom is -0.510 e. The number of fused-ring (bicyclic) bond motifs is 3. The second-order valence-corrected chi connectivity index (χ2v) is 12.6. The molecule has 0 unspecified atom stereocenters. The molecule has 0 bridgehead atoms. The van der Waals surface area contributed by atoms with Gasteiger partial charge in [0.15, 0.2) is 5.78 Å². The highest BCUT2D eigenvalue weighted by Crippen LogP contribution is 2.59. The van der Waals surface area contributed by atoms with Crippen LogP contribution in [0.4, 0.5) is 5.69 Å². The molecule has 4 rings (SSSR count). The maximum Gasteiger partial charge on any atom is 0.248 e. The number of carbonyl (C=O) groups is 2. The van der Waals surface area contributed by atoms with Gasteiger partial charge in [-0.15, -0.1) is 0 Å². The number of anilines is 1. The Kier molecular flexibility index (Phi) is 8.81. The Morgan fingerprint density at radius 2 is 1.88 bits per heavy atom. The molecule has 0 saturated carbocycles. The Morgan fingerprint density at radius 3 is 2.41 bits per heavy atom. The Morgan fingerprint density at radius 1 is 1.20 bits per heavy atom. The number of methoxy groups -OCH3 is 1. The van der Waals surface area contributed by atoms with Crippen molar-refractivity contribution in [3.8, 4) is 5.75 Å². The molecule has 3 aliphatic rings. The summed E-state index contributed by atoms with van der Waals surface area (Å²) in [6, 6.07) is 1.31. The van der Waals surface area contributed by atoms with Crippen LogP contribution in [0.3, 0.4) is 0 Å². The van der Waals surface area contributed by atoms with Gasteiger partial charge >= 0.3 is 0 Å². The molecular formula is C32H48N4O5. The number of ether oxygens (including phenoxy) is 1. The van der Waals surface area contributed by atoms with E-state index in [0.717, 1.165) is 42.7 Å². The third kappa shape index (κ3) is 5.12. The van der Waals surface area contributed by atoms with Gasteiger partial charge in [-0.1, -0.05) is 27.2 Å². The summed E-state index contributed by atoms with van der Waals surface area (Å²) in [5, 5.41) is 22.6. The van der Waals surface area contributed by atoms with Crippen LogP contribution in [0.1, 0.15) is 67.9 Å². The van der Waals surface area contributed by atoms with Gasteiger partial charge < -0.3 is 25.6 Å². The van der Waals surface area contributed by atoms with Gasteiger partial charge in [-0.05, 0) is 81.9 Å². The van der Waals surface area contributed by atoms with E-state index in [1.54, 1.807) is 13.2 Å². The molecule has 0 aromatic heterocycles. The topological polar surface area (TPSA) is 120 Å². The van der Waals surface area contributed by atoms with Crippen LogP contribution in [0, 0.1) is 17.3 Å². The first-order valence-corrected chi connectivity index (χ1v) is 14.8. The van der Waals surface area contributed by atoms with E-state index in [1.807, 2.05) is 40.0 Å². The lowest BCUT2D eigenvalue weighted by Gasteiger charge is -2.53. The number of amides is 1. The summed E-state index contributed by atoms with van der Waals surface area (Å²) in [6.45, 7) is 8.88. The summed E-state index contributed by atoms with van der Waals surface area (Å²) in [5.41, 5.74) is 8.91. The molecule has 1 aromatic carbocycles. The van der Waals surface area contributed by atoms with E-state index in [1.165, 1.54) is 0 Å². The van der Waals surface area contributed by atoms with Crippen molar-refractivity contribution in [2.45, 2.75) is 65.5 Å². The van der Waals surface area contributed by atoms with Crippen molar-refractivity contribution in [1.29, 1.82) is 0 Å². The summed E-state index contributed by atoms with van der Waals surface area (Å²) >= 11 is 0. The summed E-state index contributed by atoms with van der Waals surface area (Å²) in [6.07, 6.45) is 3.58. The molecule has 4 N–H and O–H groups in total. The number of phenols is 1. The van der Waals surface area contributed by atoms with E-state index < -0.39 is 17.4 Å². The predicted octanol–water partition coefficient (Wildman–Crippen LogP) is 3.99. The smallest absolute Gasteiger partial charge is 0.248 e. The second kappa shape index (κ2) is 11.7. The highest BCUT2D eigenvalue weighted by Gasteiger charge is 2.57. The lowest BCUT2D eigenvalue weighted by atomic mass is 9.54. The van der Waals surface area contributed by atoms with Crippen molar-refractivity contribution in [2.24, 2.45) is 23.0 Å². The molecule has 4 atom stereocenters. The number of ketones is 1. The molecule has 0 heterocycles. The average molecular weight is 569 g/mol. The number of aliphatic hydroxyl groups excluding tert-OH is 1. The van der Waals surface area contributed by atoms with Gasteiger partial charge in [0.05, 0.1) is 24.3 Å². The first kappa shape index (κ1) is 30.9. The summed E-state index contributed by atoms with van der Waals surface area (Å²) in [4.78, 5) is 33.1. The van der Waals surface area contributed by atoms with Crippen molar-refractivity contribution in [2.75, 3.05) is 53.3 Å². The van der Waals surface area contributed by atoms with Crippen molar-refractivity contribution < 1.29 is 24.5 Å². The monoisotopic (exact) mass is 568 g/mol. The fraction of sp³-hybridized carbons (Fsp3) is 0.625. The fourth-order valence-electron chi connectivity index (χ4n) is 7.75. The van der Waals surface area contributed by atoms with Gasteiger partial charge in [0, 0.05) is 37.3 Å². The molecule has 0 saturated heterocycles. The number of likely N-dealkylation sites (N-methyl/N-ethyl adjacent to an activating group) is 1. The molecule has 1 aromatic rings. The van der Waals surface area contributed by atoms with Gasteiger partial charge in [0.1, 0.15) is 17.3 Å². The van der Waals surface area contributed by atoms with Crippen LogP contribution < -0.4 is 10.6 Å². The van der Waals surface area contributed by atoms with Crippen LogP contribution in [0.5, 0.6) is 5.75 Å². The zero-order valence-corrected chi connectivity index (χ0v) is 26.0. The molecule has 0 radical (unpaired) electrons. The van der Waals surface area contributed by atoms with Gasteiger partial charge in [0.25, 0.3) is 0 Å². The lowest BCUT2D eigenvalue weighted by molar-refractivity contribution is -0.116. The van der Waals surface area contributed by atoms with Gasteiger partial charge in [-0.25, -0.2) is 0 Å². The molecule has 1 amide bonds. The van der Waals surface area contributed by atoms with Crippen LogP contribution in [0.15, 0.2) is 28.7 Å². The Hall–Kier alpha value is -3.04. The number of nitrogens with zero attached hydrogens (tertiary/aromatic N) is 3. The third-order valence-corrected chi connectivity index (χ3v) is 9.60. The van der Waals surface area contributed by atoms with Crippen molar-refractivity contribution in [3.63, 3.8) is 0 Å². The zero-order chi connectivity index (χ0) is 30.4. The van der Waals surface area contributed by atoms with Crippen LogP contribution in [-0.2, 0) is 22.5 Å². The molecule has 0 spiro atoms. The molecule has 0 aliphatic heterocycles. The van der Waals surface area contributed by atoms with E-state index in [9.17, 15) is 19.8 Å². The summed E-state index contributed by atoms with van der Waals surface area (Å²) < 4.78 is 6.04. The van der Waals surface area contributed by atoms with E-state index in [4.69, 9.17) is 10.5 Å². The minimum absolute atomic E-state index is 0.00370. The number of hydrogen-bond acceptors (Lipinski definition) is 8. The number of nitrogens with two attached hydrogens (primary N) is 1. The van der Waals surface area contributed by atoms with Crippen LogP contribution in [0.25, 0.3) is 0 Å².